The number of benzene rings is 4. The number of nitrogens with zero attached hydrogens (tertiary/aromatic N) is 3. The highest BCUT2D eigenvalue weighted by Gasteiger charge is 2.77. The molecule has 4 aliphatic rings. The summed E-state index contributed by atoms with van der Waals surface area (Å²) >= 11 is 6.39. The topological polar surface area (TPSA) is 55.3 Å². The van der Waals surface area contributed by atoms with Crippen molar-refractivity contribution in [1.82, 2.24) is 14.9 Å². The third kappa shape index (κ3) is 2.78. The zero-order chi connectivity index (χ0) is 27.3. The van der Waals surface area contributed by atoms with Crippen LogP contribution in [0.15, 0.2) is 97.1 Å². The molecule has 2 saturated heterocycles. The fourth-order valence-corrected chi connectivity index (χ4v) is 8.76. The van der Waals surface area contributed by atoms with Gasteiger partial charge >= 0.3 is 0 Å². The molecule has 9 rings (SSSR count). The van der Waals surface area contributed by atoms with E-state index in [0.29, 0.717) is 16.3 Å². The van der Waals surface area contributed by atoms with Crippen LogP contribution in [0.5, 0.6) is 5.75 Å². The highest BCUT2D eigenvalue weighted by Crippen LogP contribution is 2.71. The van der Waals surface area contributed by atoms with Gasteiger partial charge in [0.25, 0.3) is 0 Å². The molecule has 0 amide bonds. The van der Waals surface area contributed by atoms with Gasteiger partial charge in [-0.2, -0.15) is 0 Å². The van der Waals surface area contributed by atoms with Crippen molar-refractivity contribution in [3.05, 3.63) is 124 Å². The molecule has 5 aromatic rings. The van der Waals surface area contributed by atoms with Crippen molar-refractivity contribution in [3.8, 4) is 17.0 Å². The first-order valence-electron chi connectivity index (χ1n) is 14.3. The number of aromatic nitrogens is 2. The molecule has 0 unspecified atom stereocenters. The molecular formula is C35H26ClN3O2. The van der Waals surface area contributed by atoms with Crippen LogP contribution in [-0.4, -0.2) is 39.8 Å². The number of carbonyl (C=O) groups is 1. The van der Waals surface area contributed by atoms with Crippen LogP contribution in [0.4, 0.5) is 0 Å². The van der Waals surface area contributed by atoms with E-state index in [2.05, 4.69) is 41.3 Å². The van der Waals surface area contributed by atoms with E-state index in [1.807, 2.05) is 60.7 Å². The number of rotatable bonds is 1. The first-order valence-corrected chi connectivity index (χ1v) is 14.7. The summed E-state index contributed by atoms with van der Waals surface area (Å²) in [6.45, 7) is 1.12. The van der Waals surface area contributed by atoms with Crippen LogP contribution in [0.25, 0.3) is 22.3 Å². The second kappa shape index (κ2) is 8.25. The third-order valence-electron chi connectivity index (χ3n) is 10.00. The molecule has 0 bridgehead atoms. The smallest absolute Gasteiger partial charge is 0.179 e. The minimum absolute atomic E-state index is 0.117. The van der Waals surface area contributed by atoms with Crippen LogP contribution in [0.2, 0.25) is 5.02 Å². The molecule has 2 spiro atoms. The first kappa shape index (κ1) is 23.6. The van der Waals surface area contributed by atoms with Gasteiger partial charge in [0, 0.05) is 22.5 Å². The van der Waals surface area contributed by atoms with Crippen LogP contribution in [0.1, 0.15) is 45.9 Å². The van der Waals surface area contributed by atoms with Gasteiger partial charge in [-0.15, -0.1) is 0 Å². The molecule has 4 heterocycles. The summed E-state index contributed by atoms with van der Waals surface area (Å²) in [5.41, 5.74) is 5.52. The Bertz CT molecular complexity index is 1910. The minimum atomic E-state index is -0.973. The lowest BCUT2D eigenvalue weighted by Crippen LogP contribution is -2.60. The molecule has 41 heavy (non-hydrogen) atoms. The molecule has 4 aromatic carbocycles. The van der Waals surface area contributed by atoms with E-state index in [1.165, 1.54) is 0 Å². The zero-order valence-corrected chi connectivity index (χ0v) is 23.0. The standard InChI is InChI=1S/C35H26ClN3O2/c36-22-17-15-21(16-18-22)30-28-13-7-19-39(28)35(34(30)20-41-29-14-6-2-9-24(29)33(34)40)25-10-3-1-8-23(25)31-32(35)38-27-12-5-4-11-26(27)37-31/h1-6,8-12,14-18,28,30H,7,13,19-20H2/t28-,30-,34-,35+/m1/s1. The Hall–Kier alpha value is -4.06. The monoisotopic (exact) mass is 555 g/mol. The highest BCUT2D eigenvalue weighted by molar-refractivity contribution is 6.30. The molecule has 1 aliphatic carbocycles. The van der Waals surface area contributed by atoms with E-state index in [-0.39, 0.29) is 24.3 Å². The van der Waals surface area contributed by atoms with E-state index in [9.17, 15) is 0 Å². The molecule has 0 N–H and O–H groups in total. The summed E-state index contributed by atoms with van der Waals surface area (Å²) in [6.07, 6.45) is 2.04. The summed E-state index contributed by atoms with van der Waals surface area (Å²) in [4.78, 5) is 28.6. The van der Waals surface area contributed by atoms with Gasteiger partial charge in [-0.1, -0.05) is 72.3 Å². The zero-order valence-electron chi connectivity index (χ0n) is 22.3. The quantitative estimate of drug-likeness (QED) is 0.222. The molecule has 200 valence electrons. The van der Waals surface area contributed by atoms with Gasteiger partial charge < -0.3 is 4.74 Å². The number of Topliss-reactive ketones (excluding diaryl/α,β-unsaturated/α-hetero) is 1. The number of halogens is 1. The Kier molecular flexibility index (Phi) is 4.75. The number of ether oxygens (including phenoxy) is 1. The number of hydrogen-bond acceptors (Lipinski definition) is 5. The fraction of sp³-hybridized carbons (Fsp3) is 0.229. The maximum absolute atomic E-state index is 15.4. The molecule has 3 aliphatic heterocycles. The normalized spacial score (nSPS) is 27.6. The van der Waals surface area contributed by atoms with Crippen molar-refractivity contribution in [1.29, 1.82) is 0 Å². The number of hydrogen-bond donors (Lipinski definition) is 0. The van der Waals surface area contributed by atoms with Crippen LogP contribution in [0, 0.1) is 5.41 Å². The summed E-state index contributed by atoms with van der Waals surface area (Å²) < 4.78 is 6.65. The average molecular weight is 556 g/mol. The molecule has 2 fully saturated rings. The maximum atomic E-state index is 15.4. The van der Waals surface area contributed by atoms with Crippen molar-refractivity contribution in [2.45, 2.75) is 30.3 Å². The summed E-state index contributed by atoms with van der Waals surface area (Å²) in [5.74, 6) is 0.637. The van der Waals surface area contributed by atoms with Crippen LogP contribution < -0.4 is 4.74 Å². The Morgan fingerprint density at radius 2 is 1.54 bits per heavy atom. The highest BCUT2D eigenvalue weighted by atomic mass is 35.5. The van der Waals surface area contributed by atoms with Gasteiger partial charge in [-0.25, -0.2) is 9.97 Å². The number of ketones is 1. The summed E-state index contributed by atoms with van der Waals surface area (Å²) in [7, 11) is 0. The van der Waals surface area contributed by atoms with Gasteiger partial charge in [0.1, 0.15) is 23.3 Å². The first-order chi connectivity index (χ1) is 20.1. The van der Waals surface area contributed by atoms with Crippen molar-refractivity contribution in [3.63, 3.8) is 0 Å². The van der Waals surface area contributed by atoms with Gasteiger partial charge in [0.15, 0.2) is 5.78 Å². The van der Waals surface area contributed by atoms with Crippen molar-refractivity contribution >= 4 is 28.4 Å². The van der Waals surface area contributed by atoms with Crippen molar-refractivity contribution in [2.75, 3.05) is 13.2 Å². The second-order valence-corrected chi connectivity index (χ2v) is 12.1. The van der Waals surface area contributed by atoms with E-state index in [0.717, 1.165) is 58.5 Å². The van der Waals surface area contributed by atoms with Crippen LogP contribution in [-0.2, 0) is 5.54 Å². The minimum Gasteiger partial charge on any atom is -0.492 e. The van der Waals surface area contributed by atoms with E-state index >= 15 is 4.79 Å². The van der Waals surface area contributed by atoms with Crippen molar-refractivity contribution < 1.29 is 9.53 Å². The molecule has 0 radical (unpaired) electrons. The lowest BCUT2D eigenvalue weighted by molar-refractivity contribution is 0.0148. The van der Waals surface area contributed by atoms with E-state index in [1.54, 1.807) is 0 Å². The largest absolute Gasteiger partial charge is 0.492 e. The SMILES string of the molecule is O=C1c2ccccc2OC[C@@]12[C@H](c1ccc(Cl)cc1)[C@H]1CCCN1[C@]21c2ccccc2-c2nc3ccccc3nc21. The van der Waals surface area contributed by atoms with E-state index in [4.69, 9.17) is 26.3 Å². The van der Waals surface area contributed by atoms with Crippen LogP contribution >= 0.6 is 11.6 Å². The van der Waals surface area contributed by atoms with Gasteiger partial charge in [-0.3, -0.25) is 9.69 Å². The predicted molar refractivity (Wildman–Crippen MR) is 158 cm³/mol. The molecule has 4 atom stereocenters. The predicted octanol–water partition coefficient (Wildman–Crippen LogP) is 7.03. The summed E-state index contributed by atoms with van der Waals surface area (Å²) in [6, 6.07) is 32.4. The fourth-order valence-electron chi connectivity index (χ4n) is 8.63. The number of para-hydroxylation sites is 3. The van der Waals surface area contributed by atoms with Crippen molar-refractivity contribution in [2.24, 2.45) is 5.41 Å². The number of carbonyl (C=O) groups excluding carboxylic acids is 1. The Morgan fingerprint density at radius 3 is 2.37 bits per heavy atom. The Balaban J connectivity index is 1.44. The lowest BCUT2D eigenvalue weighted by atomic mass is 9.56. The van der Waals surface area contributed by atoms with Gasteiger partial charge in [0.05, 0.1) is 28.0 Å². The van der Waals surface area contributed by atoms with E-state index < -0.39 is 11.0 Å². The second-order valence-electron chi connectivity index (χ2n) is 11.7. The number of fused-ring (bicyclic) bond motifs is 10. The third-order valence-corrected chi connectivity index (χ3v) is 10.2. The molecule has 1 aromatic heterocycles. The molecule has 6 heteroatoms. The molecular weight excluding hydrogens is 530 g/mol. The van der Waals surface area contributed by atoms with Gasteiger partial charge in [-0.05, 0) is 66.9 Å². The Morgan fingerprint density at radius 1 is 0.829 bits per heavy atom. The Labute approximate surface area is 242 Å². The maximum Gasteiger partial charge on any atom is 0.179 e. The molecule has 5 nitrogen and oxygen atoms in total. The van der Waals surface area contributed by atoms with Gasteiger partial charge in [0.2, 0.25) is 0 Å². The average Bonchev–Trinajstić information content (AvgIpc) is 3.66. The lowest BCUT2D eigenvalue weighted by Gasteiger charge is -2.50. The summed E-state index contributed by atoms with van der Waals surface area (Å²) in [5, 5.41) is 0.684. The van der Waals surface area contributed by atoms with Crippen LogP contribution in [0.3, 0.4) is 0 Å². The molecule has 0 saturated carbocycles.